The third-order valence-corrected chi connectivity index (χ3v) is 3.64. The van der Waals surface area contributed by atoms with Gasteiger partial charge in [-0.3, -0.25) is 0 Å². The Morgan fingerprint density at radius 1 is 1.69 bits per heavy atom. The molecule has 1 unspecified atom stereocenters. The molecule has 1 aromatic rings. The van der Waals surface area contributed by atoms with E-state index in [-0.39, 0.29) is 0 Å². The first-order valence-electron chi connectivity index (χ1n) is 5.28. The Hall–Kier alpha value is -1.06. The molecule has 0 aromatic carbocycles. The summed E-state index contributed by atoms with van der Waals surface area (Å²) >= 11 is 1.64. The molecule has 0 aliphatic rings. The molecule has 0 radical (unpaired) electrons. The second kappa shape index (κ2) is 5.87. The summed E-state index contributed by atoms with van der Waals surface area (Å²) in [5, 5.41) is 13.8. The van der Waals surface area contributed by atoms with E-state index < -0.39 is 5.54 Å². The van der Waals surface area contributed by atoms with Crippen molar-refractivity contribution in [2.24, 2.45) is 12.8 Å². The van der Waals surface area contributed by atoms with Gasteiger partial charge < -0.3 is 5.73 Å². The maximum atomic E-state index is 8.90. The molecule has 0 fully saturated rings. The Kier molecular flexibility index (Phi) is 4.77. The Balaban J connectivity index is 2.28. The molecule has 0 aliphatic heterocycles. The van der Waals surface area contributed by atoms with Crippen LogP contribution in [0.25, 0.3) is 0 Å². The van der Waals surface area contributed by atoms with Gasteiger partial charge in [-0.05, 0) is 19.3 Å². The van der Waals surface area contributed by atoms with Gasteiger partial charge in [0.05, 0.1) is 6.07 Å². The van der Waals surface area contributed by atoms with Gasteiger partial charge in [-0.15, -0.1) is 0 Å². The second-order valence-electron chi connectivity index (χ2n) is 3.74. The van der Waals surface area contributed by atoms with Gasteiger partial charge in [0, 0.05) is 12.8 Å². The van der Waals surface area contributed by atoms with E-state index in [0.717, 1.165) is 23.8 Å². The molecular weight excluding hydrogens is 222 g/mol. The predicted octanol–water partition coefficient (Wildman–Crippen LogP) is 1.32. The number of hydrogen-bond acceptors (Lipinski definition) is 5. The van der Waals surface area contributed by atoms with Crippen molar-refractivity contribution in [3.05, 3.63) is 6.33 Å². The highest BCUT2D eigenvalue weighted by molar-refractivity contribution is 7.99. The van der Waals surface area contributed by atoms with E-state index in [1.807, 2.05) is 14.0 Å². The normalized spacial score (nSPS) is 14.4. The first-order valence-corrected chi connectivity index (χ1v) is 6.27. The molecule has 0 bridgehead atoms. The van der Waals surface area contributed by atoms with Gasteiger partial charge >= 0.3 is 0 Å². The lowest BCUT2D eigenvalue weighted by molar-refractivity contribution is 0.478. The third kappa shape index (κ3) is 3.51. The van der Waals surface area contributed by atoms with E-state index in [9.17, 15) is 0 Å². The number of thioether (sulfide) groups is 1. The van der Waals surface area contributed by atoms with Crippen molar-refractivity contribution < 1.29 is 0 Å². The van der Waals surface area contributed by atoms with Crippen molar-refractivity contribution >= 4 is 11.8 Å². The molecule has 0 saturated heterocycles. The summed E-state index contributed by atoms with van der Waals surface area (Å²) in [5.41, 5.74) is 5.22. The Morgan fingerprint density at radius 2 is 2.44 bits per heavy atom. The van der Waals surface area contributed by atoms with Crippen LogP contribution < -0.4 is 5.73 Å². The summed E-state index contributed by atoms with van der Waals surface area (Å²) in [5.74, 6) is 0.910. The monoisotopic (exact) mass is 239 g/mol. The quantitative estimate of drug-likeness (QED) is 0.598. The van der Waals surface area contributed by atoms with Crippen molar-refractivity contribution in [3.63, 3.8) is 0 Å². The van der Waals surface area contributed by atoms with Crippen LogP contribution in [0, 0.1) is 11.3 Å². The fourth-order valence-corrected chi connectivity index (χ4v) is 2.11. The fourth-order valence-electron chi connectivity index (χ4n) is 1.28. The van der Waals surface area contributed by atoms with Gasteiger partial charge in [0.1, 0.15) is 11.9 Å². The van der Waals surface area contributed by atoms with Crippen LogP contribution in [0.2, 0.25) is 0 Å². The van der Waals surface area contributed by atoms with Crippen LogP contribution in [0.1, 0.15) is 26.2 Å². The van der Waals surface area contributed by atoms with E-state index in [2.05, 4.69) is 16.2 Å². The average molecular weight is 239 g/mol. The van der Waals surface area contributed by atoms with Gasteiger partial charge in [0.25, 0.3) is 0 Å². The maximum absolute atomic E-state index is 8.90. The number of hydrogen-bond donors (Lipinski definition) is 1. The summed E-state index contributed by atoms with van der Waals surface area (Å²) in [6.45, 7) is 1.94. The Morgan fingerprint density at radius 3 is 2.94 bits per heavy atom. The van der Waals surface area contributed by atoms with Crippen molar-refractivity contribution in [1.29, 1.82) is 5.26 Å². The molecule has 0 aliphatic carbocycles. The van der Waals surface area contributed by atoms with E-state index >= 15 is 0 Å². The van der Waals surface area contributed by atoms with Gasteiger partial charge in [-0.1, -0.05) is 18.7 Å². The summed E-state index contributed by atoms with van der Waals surface area (Å²) in [4.78, 5) is 4.11. The molecule has 6 heteroatoms. The van der Waals surface area contributed by atoms with Gasteiger partial charge in [0.2, 0.25) is 0 Å². The predicted molar refractivity (Wildman–Crippen MR) is 63.8 cm³/mol. The Bertz CT molecular complexity index is 370. The standard InChI is InChI=1S/C10H17N5S/c1-3-10(12,7-11)5-4-6-16-9-13-8-14-15(9)2/h8H,3-6,12H2,1-2H3. The first kappa shape index (κ1) is 13.0. The van der Waals surface area contributed by atoms with Crippen LogP contribution >= 0.6 is 11.8 Å². The zero-order chi connectivity index (χ0) is 12.0. The molecule has 1 rings (SSSR count). The zero-order valence-corrected chi connectivity index (χ0v) is 10.5. The highest BCUT2D eigenvalue weighted by Gasteiger charge is 2.20. The van der Waals surface area contributed by atoms with Crippen molar-refractivity contribution in [3.8, 4) is 6.07 Å². The molecule has 1 heterocycles. The van der Waals surface area contributed by atoms with Gasteiger partial charge in [-0.2, -0.15) is 10.4 Å². The van der Waals surface area contributed by atoms with Crippen molar-refractivity contribution in [2.45, 2.75) is 36.9 Å². The topological polar surface area (TPSA) is 80.5 Å². The fraction of sp³-hybridized carbons (Fsp3) is 0.700. The minimum Gasteiger partial charge on any atom is -0.313 e. The van der Waals surface area contributed by atoms with Crippen LogP contribution in [0.15, 0.2) is 11.5 Å². The minimum atomic E-state index is -0.666. The average Bonchev–Trinajstić information content (AvgIpc) is 2.70. The lowest BCUT2D eigenvalue weighted by Gasteiger charge is -2.18. The van der Waals surface area contributed by atoms with Crippen LogP contribution in [0.4, 0.5) is 0 Å². The molecule has 0 spiro atoms. The molecule has 1 atom stereocenters. The summed E-state index contributed by atoms with van der Waals surface area (Å²) < 4.78 is 1.74. The van der Waals surface area contributed by atoms with Crippen LogP contribution in [-0.4, -0.2) is 26.1 Å². The largest absolute Gasteiger partial charge is 0.313 e. The molecule has 88 valence electrons. The second-order valence-corrected chi connectivity index (χ2v) is 4.80. The van der Waals surface area contributed by atoms with Crippen molar-refractivity contribution in [1.82, 2.24) is 14.8 Å². The number of rotatable bonds is 6. The van der Waals surface area contributed by atoms with Crippen LogP contribution in [-0.2, 0) is 7.05 Å². The lowest BCUT2D eigenvalue weighted by atomic mass is 9.94. The van der Waals surface area contributed by atoms with Crippen LogP contribution in [0.3, 0.4) is 0 Å². The molecule has 16 heavy (non-hydrogen) atoms. The molecule has 1 aromatic heterocycles. The zero-order valence-electron chi connectivity index (χ0n) is 9.68. The van der Waals surface area contributed by atoms with Gasteiger partial charge in [0.15, 0.2) is 5.16 Å². The molecule has 0 amide bonds. The number of nitriles is 1. The number of aryl methyl sites for hydroxylation is 1. The van der Waals surface area contributed by atoms with E-state index in [1.54, 1.807) is 16.4 Å². The summed E-state index contributed by atoms with van der Waals surface area (Å²) in [6, 6.07) is 2.17. The van der Waals surface area contributed by atoms with E-state index in [1.165, 1.54) is 6.33 Å². The van der Waals surface area contributed by atoms with Gasteiger partial charge in [-0.25, -0.2) is 9.67 Å². The highest BCUT2D eigenvalue weighted by atomic mass is 32.2. The van der Waals surface area contributed by atoms with E-state index in [4.69, 9.17) is 11.0 Å². The third-order valence-electron chi connectivity index (χ3n) is 2.52. The number of nitrogens with two attached hydrogens (primary N) is 1. The SMILES string of the molecule is CCC(N)(C#N)CCCSc1ncnn1C. The summed E-state index contributed by atoms with van der Waals surface area (Å²) in [6.07, 6.45) is 3.87. The smallest absolute Gasteiger partial charge is 0.185 e. The van der Waals surface area contributed by atoms with Crippen molar-refractivity contribution in [2.75, 3.05) is 5.75 Å². The Labute approximate surface area is 100 Å². The number of aromatic nitrogens is 3. The van der Waals surface area contributed by atoms with Crippen LogP contribution in [0.5, 0.6) is 0 Å². The summed E-state index contributed by atoms with van der Waals surface area (Å²) in [7, 11) is 1.86. The lowest BCUT2D eigenvalue weighted by Crippen LogP contribution is -2.37. The van der Waals surface area contributed by atoms with E-state index in [0.29, 0.717) is 6.42 Å². The molecule has 0 saturated carbocycles. The highest BCUT2D eigenvalue weighted by Crippen LogP contribution is 2.19. The first-order chi connectivity index (χ1) is 7.61. The maximum Gasteiger partial charge on any atom is 0.185 e. The molecule has 5 nitrogen and oxygen atoms in total. The minimum absolute atomic E-state index is 0.666. The number of nitrogens with zero attached hydrogens (tertiary/aromatic N) is 4. The molecular formula is C10H17N5S. The molecule has 2 N–H and O–H groups in total.